The van der Waals surface area contributed by atoms with Crippen LogP contribution in [0.25, 0.3) is 0 Å². The standard InChI is InChI=1S/C11H13N5O3/c1-18-8-2-4-9(5-3-8)19-7-11(17)12-6-10-13-15-16-14-10/h2-5H,6-7H2,1H3,(H,12,17)(H,13,14,15,16). The summed E-state index contributed by atoms with van der Waals surface area (Å²) in [6.07, 6.45) is 0. The van der Waals surface area contributed by atoms with Crippen molar-refractivity contribution >= 4 is 5.91 Å². The first-order valence-corrected chi connectivity index (χ1v) is 5.54. The number of carbonyl (C=O) groups is 1. The highest BCUT2D eigenvalue weighted by molar-refractivity contribution is 5.77. The van der Waals surface area contributed by atoms with E-state index in [4.69, 9.17) is 9.47 Å². The number of benzene rings is 1. The van der Waals surface area contributed by atoms with E-state index < -0.39 is 0 Å². The zero-order valence-electron chi connectivity index (χ0n) is 10.3. The van der Waals surface area contributed by atoms with Gasteiger partial charge in [0.05, 0.1) is 13.7 Å². The second-order valence-corrected chi connectivity index (χ2v) is 3.57. The number of hydrogen-bond donors (Lipinski definition) is 2. The van der Waals surface area contributed by atoms with Crippen molar-refractivity contribution in [3.8, 4) is 11.5 Å². The molecule has 0 radical (unpaired) electrons. The summed E-state index contributed by atoms with van der Waals surface area (Å²) in [7, 11) is 1.58. The molecule has 0 aliphatic rings. The van der Waals surface area contributed by atoms with Crippen molar-refractivity contribution in [2.24, 2.45) is 0 Å². The fourth-order valence-corrected chi connectivity index (χ4v) is 1.31. The van der Waals surface area contributed by atoms with Crippen LogP contribution in [0.15, 0.2) is 24.3 Å². The van der Waals surface area contributed by atoms with E-state index in [0.29, 0.717) is 11.6 Å². The van der Waals surface area contributed by atoms with Crippen molar-refractivity contribution in [2.75, 3.05) is 13.7 Å². The Hall–Kier alpha value is -2.64. The number of nitrogens with zero attached hydrogens (tertiary/aromatic N) is 3. The Bertz CT molecular complexity index is 512. The molecule has 1 aromatic carbocycles. The Morgan fingerprint density at radius 2 is 2.05 bits per heavy atom. The molecule has 1 amide bonds. The highest BCUT2D eigenvalue weighted by atomic mass is 16.5. The third kappa shape index (κ3) is 3.95. The van der Waals surface area contributed by atoms with Crippen LogP contribution in [-0.2, 0) is 11.3 Å². The number of rotatable bonds is 6. The molecule has 1 aromatic heterocycles. The normalized spacial score (nSPS) is 9.95. The van der Waals surface area contributed by atoms with Gasteiger partial charge in [0.15, 0.2) is 12.4 Å². The van der Waals surface area contributed by atoms with Gasteiger partial charge >= 0.3 is 0 Å². The van der Waals surface area contributed by atoms with Crippen molar-refractivity contribution in [1.29, 1.82) is 0 Å². The molecular weight excluding hydrogens is 250 g/mol. The molecule has 8 heteroatoms. The molecule has 0 unspecified atom stereocenters. The van der Waals surface area contributed by atoms with E-state index in [2.05, 4.69) is 25.9 Å². The molecule has 100 valence electrons. The zero-order valence-corrected chi connectivity index (χ0v) is 10.3. The van der Waals surface area contributed by atoms with Gasteiger partial charge in [-0.15, -0.1) is 10.2 Å². The van der Waals surface area contributed by atoms with E-state index in [1.165, 1.54) is 0 Å². The number of methoxy groups -OCH3 is 1. The molecule has 0 atom stereocenters. The number of hydrogen-bond acceptors (Lipinski definition) is 6. The van der Waals surface area contributed by atoms with Gasteiger partial charge in [0.25, 0.3) is 5.91 Å². The summed E-state index contributed by atoms with van der Waals surface area (Å²) in [6, 6.07) is 6.97. The third-order valence-corrected chi connectivity index (χ3v) is 2.26. The Morgan fingerprint density at radius 3 is 2.68 bits per heavy atom. The molecule has 2 N–H and O–H groups in total. The summed E-state index contributed by atoms with van der Waals surface area (Å²) in [6.45, 7) is 0.130. The Kier molecular flexibility index (Phi) is 4.27. The summed E-state index contributed by atoms with van der Waals surface area (Å²) in [4.78, 5) is 11.5. The molecule has 0 aliphatic heterocycles. The fourth-order valence-electron chi connectivity index (χ4n) is 1.31. The van der Waals surface area contributed by atoms with Gasteiger partial charge in [0, 0.05) is 0 Å². The number of ether oxygens (including phenoxy) is 2. The number of nitrogens with one attached hydrogen (secondary N) is 2. The number of H-pyrrole nitrogens is 1. The maximum atomic E-state index is 11.5. The second kappa shape index (κ2) is 6.34. The number of tetrazole rings is 1. The largest absolute Gasteiger partial charge is 0.497 e. The lowest BCUT2D eigenvalue weighted by molar-refractivity contribution is -0.123. The summed E-state index contributed by atoms with van der Waals surface area (Å²) in [5.74, 6) is 1.47. The average molecular weight is 263 g/mol. The summed E-state index contributed by atoms with van der Waals surface area (Å²) in [5, 5.41) is 15.7. The first-order valence-electron chi connectivity index (χ1n) is 5.54. The smallest absolute Gasteiger partial charge is 0.258 e. The topological polar surface area (TPSA) is 102 Å². The monoisotopic (exact) mass is 263 g/mol. The Labute approximate surface area is 109 Å². The van der Waals surface area contributed by atoms with Gasteiger partial charge in [0.1, 0.15) is 11.5 Å². The van der Waals surface area contributed by atoms with Crippen molar-refractivity contribution in [2.45, 2.75) is 6.54 Å². The number of aromatic amines is 1. The molecule has 19 heavy (non-hydrogen) atoms. The van der Waals surface area contributed by atoms with E-state index >= 15 is 0 Å². The van der Waals surface area contributed by atoms with Crippen LogP contribution in [0.4, 0.5) is 0 Å². The molecule has 1 heterocycles. The maximum Gasteiger partial charge on any atom is 0.258 e. The predicted octanol–water partition coefficient (Wildman–Crippen LogP) is -0.0965. The van der Waals surface area contributed by atoms with E-state index in [1.54, 1.807) is 31.4 Å². The van der Waals surface area contributed by atoms with Crippen molar-refractivity contribution < 1.29 is 14.3 Å². The first-order chi connectivity index (χ1) is 9.28. The molecule has 2 rings (SSSR count). The van der Waals surface area contributed by atoms with Crippen LogP contribution in [-0.4, -0.2) is 40.2 Å². The van der Waals surface area contributed by atoms with Crippen molar-refractivity contribution in [3.63, 3.8) is 0 Å². The lowest BCUT2D eigenvalue weighted by Crippen LogP contribution is -2.28. The molecule has 0 saturated heterocycles. The van der Waals surface area contributed by atoms with E-state index in [9.17, 15) is 4.79 Å². The number of aromatic nitrogens is 4. The van der Waals surface area contributed by atoms with Gasteiger partial charge < -0.3 is 14.8 Å². The van der Waals surface area contributed by atoms with Gasteiger partial charge in [-0.25, -0.2) is 0 Å². The van der Waals surface area contributed by atoms with Crippen LogP contribution < -0.4 is 14.8 Å². The molecule has 0 spiro atoms. The summed E-state index contributed by atoms with van der Waals surface area (Å²) < 4.78 is 10.3. The van der Waals surface area contributed by atoms with Gasteiger partial charge in [-0.1, -0.05) is 5.21 Å². The highest BCUT2D eigenvalue weighted by Gasteiger charge is 2.05. The van der Waals surface area contributed by atoms with Gasteiger partial charge in [-0.05, 0) is 24.3 Å². The molecule has 8 nitrogen and oxygen atoms in total. The third-order valence-electron chi connectivity index (χ3n) is 2.26. The number of amides is 1. The van der Waals surface area contributed by atoms with Crippen molar-refractivity contribution in [1.82, 2.24) is 25.9 Å². The van der Waals surface area contributed by atoms with Gasteiger partial charge in [0.2, 0.25) is 0 Å². The summed E-state index contributed by atoms with van der Waals surface area (Å²) in [5.41, 5.74) is 0. The minimum Gasteiger partial charge on any atom is -0.497 e. The minimum absolute atomic E-state index is 0.0792. The first kappa shape index (κ1) is 12.8. The Morgan fingerprint density at radius 1 is 1.32 bits per heavy atom. The lowest BCUT2D eigenvalue weighted by Gasteiger charge is -2.06. The highest BCUT2D eigenvalue weighted by Crippen LogP contribution is 2.16. The fraction of sp³-hybridized carbons (Fsp3) is 0.273. The van der Waals surface area contributed by atoms with Crippen LogP contribution >= 0.6 is 0 Å². The van der Waals surface area contributed by atoms with Crippen LogP contribution in [0.1, 0.15) is 5.82 Å². The van der Waals surface area contributed by atoms with E-state index in [0.717, 1.165) is 5.75 Å². The van der Waals surface area contributed by atoms with Crippen molar-refractivity contribution in [3.05, 3.63) is 30.1 Å². The molecule has 0 saturated carbocycles. The van der Waals surface area contributed by atoms with Gasteiger partial charge in [-0.2, -0.15) is 5.21 Å². The average Bonchev–Trinajstić information content (AvgIpc) is 2.96. The molecule has 2 aromatic rings. The van der Waals surface area contributed by atoms with E-state index in [-0.39, 0.29) is 19.1 Å². The van der Waals surface area contributed by atoms with Gasteiger partial charge in [-0.3, -0.25) is 4.79 Å². The number of carbonyl (C=O) groups excluding carboxylic acids is 1. The van der Waals surface area contributed by atoms with Crippen LogP contribution in [0.2, 0.25) is 0 Å². The molecular formula is C11H13N5O3. The Balaban J connectivity index is 1.73. The molecule has 0 fully saturated rings. The maximum absolute atomic E-state index is 11.5. The molecule has 0 aliphatic carbocycles. The lowest BCUT2D eigenvalue weighted by atomic mass is 10.3. The predicted molar refractivity (Wildman–Crippen MR) is 64.5 cm³/mol. The minimum atomic E-state index is -0.263. The van der Waals surface area contributed by atoms with Crippen LogP contribution in [0.5, 0.6) is 11.5 Å². The SMILES string of the molecule is COc1ccc(OCC(=O)NCc2nn[nH]n2)cc1. The zero-order chi connectivity index (χ0) is 13.5. The van der Waals surface area contributed by atoms with Crippen LogP contribution in [0.3, 0.4) is 0 Å². The summed E-state index contributed by atoms with van der Waals surface area (Å²) >= 11 is 0. The van der Waals surface area contributed by atoms with E-state index in [1.807, 2.05) is 0 Å². The molecule has 0 bridgehead atoms. The van der Waals surface area contributed by atoms with Crippen LogP contribution in [0, 0.1) is 0 Å². The second-order valence-electron chi connectivity index (χ2n) is 3.57. The quantitative estimate of drug-likeness (QED) is 0.754.